The smallest absolute Gasteiger partial charge is 0.124 e. The van der Waals surface area contributed by atoms with Crippen molar-refractivity contribution in [1.82, 2.24) is 9.97 Å². The Bertz CT molecular complexity index is 829. The van der Waals surface area contributed by atoms with Gasteiger partial charge in [-0.2, -0.15) is 16.6 Å². The molecule has 22 heavy (non-hydrogen) atoms. The Hall–Kier alpha value is -1.68. The van der Waals surface area contributed by atoms with Gasteiger partial charge in [0.2, 0.25) is 0 Å². The van der Waals surface area contributed by atoms with Gasteiger partial charge in [0.1, 0.15) is 16.1 Å². The molecule has 0 aliphatic rings. The summed E-state index contributed by atoms with van der Waals surface area (Å²) in [6.45, 7) is 3.91. The number of hydrogen-bond acceptors (Lipinski definition) is 6. The summed E-state index contributed by atoms with van der Waals surface area (Å²) in [6.07, 6.45) is 0. The third-order valence-electron chi connectivity index (χ3n) is 3.10. The van der Waals surface area contributed by atoms with Crippen LogP contribution >= 0.6 is 34.4 Å². The van der Waals surface area contributed by atoms with Crippen LogP contribution in [0.25, 0.3) is 10.6 Å². The fraction of sp³-hybridized carbons (Fsp3) is 0.188. The number of nitriles is 1. The van der Waals surface area contributed by atoms with E-state index in [4.69, 9.17) is 0 Å². The molecule has 0 spiro atoms. The number of aromatic nitrogens is 2. The Morgan fingerprint density at radius 1 is 1.27 bits per heavy atom. The summed E-state index contributed by atoms with van der Waals surface area (Å²) >= 11 is 4.91. The fourth-order valence-electron chi connectivity index (χ4n) is 2.08. The number of pyridine rings is 1. The minimum Gasteiger partial charge on any atom is -0.245 e. The Kier molecular flexibility index (Phi) is 4.57. The van der Waals surface area contributed by atoms with Crippen LogP contribution in [0, 0.1) is 25.2 Å². The maximum atomic E-state index is 9.30. The van der Waals surface area contributed by atoms with Crippen LogP contribution in [0.5, 0.6) is 0 Å². The fourth-order valence-corrected chi connectivity index (χ4v) is 4.71. The molecule has 0 unspecified atom stereocenters. The Morgan fingerprint density at radius 3 is 2.86 bits per heavy atom. The van der Waals surface area contributed by atoms with Gasteiger partial charge in [0.15, 0.2) is 0 Å². The van der Waals surface area contributed by atoms with E-state index in [9.17, 15) is 5.26 Å². The third kappa shape index (κ3) is 3.22. The van der Waals surface area contributed by atoms with Crippen molar-refractivity contribution in [3.63, 3.8) is 0 Å². The maximum Gasteiger partial charge on any atom is 0.124 e. The standard InChI is InChI=1S/C16H13N3S3/c1-10-5-11(2)18-16(14(10)6-17)22-9-13-8-21-15(19-13)12-3-4-20-7-12/h3-5,7-8H,9H2,1-2H3. The summed E-state index contributed by atoms with van der Waals surface area (Å²) < 4.78 is 0. The van der Waals surface area contributed by atoms with Gasteiger partial charge in [-0.3, -0.25) is 0 Å². The number of aryl methyl sites for hydroxylation is 2. The van der Waals surface area contributed by atoms with Crippen LogP contribution in [0.4, 0.5) is 0 Å². The zero-order valence-electron chi connectivity index (χ0n) is 12.2. The van der Waals surface area contributed by atoms with Crippen molar-refractivity contribution >= 4 is 34.4 Å². The average Bonchev–Trinajstić information content (AvgIpc) is 3.15. The second-order valence-corrected chi connectivity index (χ2v) is 7.42. The molecule has 0 saturated heterocycles. The molecule has 0 bridgehead atoms. The van der Waals surface area contributed by atoms with Crippen LogP contribution in [0.3, 0.4) is 0 Å². The Morgan fingerprint density at radius 2 is 2.14 bits per heavy atom. The van der Waals surface area contributed by atoms with Crippen LogP contribution in [0.15, 0.2) is 33.3 Å². The van der Waals surface area contributed by atoms with E-state index < -0.39 is 0 Å². The number of thiazole rings is 1. The van der Waals surface area contributed by atoms with Crippen molar-refractivity contribution in [1.29, 1.82) is 5.26 Å². The van der Waals surface area contributed by atoms with Gasteiger partial charge in [0.05, 0.1) is 11.3 Å². The van der Waals surface area contributed by atoms with Gasteiger partial charge < -0.3 is 0 Å². The molecule has 6 heteroatoms. The summed E-state index contributed by atoms with van der Waals surface area (Å²) in [5.41, 5.74) is 4.80. The van der Waals surface area contributed by atoms with Gasteiger partial charge >= 0.3 is 0 Å². The molecular formula is C16H13N3S3. The third-order valence-corrected chi connectivity index (χ3v) is 5.73. The molecule has 3 heterocycles. The van der Waals surface area contributed by atoms with Crippen molar-refractivity contribution < 1.29 is 0 Å². The molecule has 3 aromatic heterocycles. The lowest BCUT2D eigenvalue weighted by atomic mass is 10.1. The SMILES string of the molecule is Cc1cc(C)c(C#N)c(SCc2csc(-c3ccsc3)n2)n1. The first kappa shape index (κ1) is 15.2. The van der Waals surface area contributed by atoms with Crippen molar-refractivity contribution in [2.75, 3.05) is 0 Å². The number of thiophene rings is 1. The highest BCUT2D eigenvalue weighted by molar-refractivity contribution is 7.98. The summed E-state index contributed by atoms with van der Waals surface area (Å²) in [4.78, 5) is 9.16. The highest BCUT2D eigenvalue weighted by Gasteiger charge is 2.11. The molecule has 110 valence electrons. The first-order valence-corrected chi connectivity index (χ1v) is 9.46. The van der Waals surface area contributed by atoms with Gasteiger partial charge in [0.25, 0.3) is 0 Å². The molecule has 0 radical (unpaired) electrons. The monoisotopic (exact) mass is 343 g/mol. The number of thioether (sulfide) groups is 1. The van der Waals surface area contributed by atoms with Gasteiger partial charge in [-0.25, -0.2) is 9.97 Å². The predicted molar refractivity (Wildman–Crippen MR) is 93.4 cm³/mol. The highest BCUT2D eigenvalue weighted by atomic mass is 32.2. The van der Waals surface area contributed by atoms with Crippen LogP contribution in [-0.2, 0) is 5.75 Å². The van der Waals surface area contributed by atoms with Gasteiger partial charge in [-0.15, -0.1) is 11.3 Å². The van der Waals surface area contributed by atoms with Crippen molar-refractivity contribution in [2.45, 2.75) is 24.6 Å². The Balaban J connectivity index is 1.78. The van der Waals surface area contributed by atoms with Crippen LogP contribution in [-0.4, -0.2) is 9.97 Å². The summed E-state index contributed by atoms with van der Waals surface area (Å²) in [5.74, 6) is 0.727. The van der Waals surface area contributed by atoms with E-state index in [1.807, 2.05) is 19.9 Å². The molecule has 0 atom stereocenters. The van der Waals surface area contributed by atoms with Gasteiger partial charge in [-0.1, -0.05) is 11.8 Å². The number of nitrogens with zero attached hydrogens (tertiary/aromatic N) is 3. The Labute approximate surface area is 141 Å². The van der Waals surface area contributed by atoms with E-state index in [2.05, 4.69) is 38.2 Å². The molecule has 3 nitrogen and oxygen atoms in total. The molecule has 0 amide bonds. The summed E-state index contributed by atoms with van der Waals surface area (Å²) in [5, 5.41) is 17.4. The lowest BCUT2D eigenvalue weighted by molar-refractivity contribution is 1.03. The summed E-state index contributed by atoms with van der Waals surface area (Å²) in [6, 6.07) is 6.28. The number of rotatable bonds is 4. The first-order valence-electron chi connectivity index (χ1n) is 6.65. The molecule has 0 N–H and O–H groups in total. The molecule has 0 aliphatic heterocycles. The molecular weight excluding hydrogens is 330 g/mol. The lowest BCUT2D eigenvalue weighted by Crippen LogP contribution is -1.94. The molecule has 3 rings (SSSR count). The molecule has 0 fully saturated rings. The average molecular weight is 344 g/mol. The van der Waals surface area contributed by atoms with Crippen LogP contribution < -0.4 is 0 Å². The van der Waals surface area contributed by atoms with Crippen LogP contribution in [0.2, 0.25) is 0 Å². The molecule has 0 aliphatic carbocycles. The van der Waals surface area contributed by atoms with E-state index in [1.165, 1.54) is 5.56 Å². The molecule has 3 aromatic rings. The van der Waals surface area contributed by atoms with Crippen molar-refractivity contribution in [2.24, 2.45) is 0 Å². The zero-order chi connectivity index (χ0) is 15.5. The first-order chi connectivity index (χ1) is 10.7. The minimum atomic E-state index is 0.670. The zero-order valence-corrected chi connectivity index (χ0v) is 14.6. The van der Waals surface area contributed by atoms with E-state index in [0.717, 1.165) is 32.7 Å². The van der Waals surface area contributed by atoms with E-state index in [0.29, 0.717) is 5.56 Å². The predicted octanol–water partition coefficient (Wildman–Crippen LogP) is 5.05. The van der Waals surface area contributed by atoms with Gasteiger partial charge in [-0.05, 0) is 36.9 Å². The summed E-state index contributed by atoms with van der Waals surface area (Å²) in [7, 11) is 0. The van der Waals surface area contributed by atoms with Crippen molar-refractivity contribution in [3.05, 3.63) is 50.8 Å². The maximum absolute atomic E-state index is 9.30. The molecule has 0 saturated carbocycles. The molecule has 0 aromatic carbocycles. The van der Waals surface area contributed by atoms with E-state index in [1.54, 1.807) is 34.4 Å². The normalized spacial score (nSPS) is 10.6. The van der Waals surface area contributed by atoms with Crippen molar-refractivity contribution in [3.8, 4) is 16.6 Å². The largest absolute Gasteiger partial charge is 0.245 e. The number of hydrogen-bond donors (Lipinski definition) is 0. The topological polar surface area (TPSA) is 49.6 Å². The van der Waals surface area contributed by atoms with Gasteiger partial charge in [0, 0.05) is 27.8 Å². The van der Waals surface area contributed by atoms with E-state index in [-0.39, 0.29) is 0 Å². The quantitative estimate of drug-likeness (QED) is 0.622. The minimum absolute atomic E-state index is 0.670. The highest BCUT2D eigenvalue weighted by Crippen LogP contribution is 2.30. The lowest BCUT2D eigenvalue weighted by Gasteiger charge is -2.06. The second kappa shape index (κ2) is 6.61. The second-order valence-electron chi connectivity index (χ2n) is 4.82. The van der Waals surface area contributed by atoms with E-state index >= 15 is 0 Å². The van der Waals surface area contributed by atoms with Crippen LogP contribution in [0.1, 0.15) is 22.5 Å².